The number of hydrogen-bond donors (Lipinski definition) is 1. The highest BCUT2D eigenvalue weighted by Crippen LogP contribution is 2.17. The highest BCUT2D eigenvalue weighted by molar-refractivity contribution is 5.33. The van der Waals surface area contributed by atoms with E-state index in [4.69, 9.17) is 9.47 Å². The average Bonchev–Trinajstić information content (AvgIpc) is 2.22. The summed E-state index contributed by atoms with van der Waals surface area (Å²) < 4.78 is 10.9. The molecule has 2 rings (SSSR count). The molecular formula is C12H17NO2. The van der Waals surface area contributed by atoms with E-state index in [1.807, 2.05) is 18.2 Å². The molecule has 0 bridgehead atoms. The van der Waals surface area contributed by atoms with Crippen molar-refractivity contribution in [2.24, 2.45) is 0 Å². The van der Waals surface area contributed by atoms with Gasteiger partial charge in [-0.3, -0.25) is 0 Å². The summed E-state index contributed by atoms with van der Waals surface area (Å²) in [4.78, 5) is 0. The molecule has 1 heterocycles. The van der Waals surface area contributed by atoms with Crippen molar-refractivity contribution in [2.75, 3.05) is 26.8 Å². The van der Waals surface area contributed by atoms with Crippen LogP contribution in [0.4, 0.5) is 0 Å². The first kappa shape index (κ1) is 10.5. The van der Waals surface area contributed by atoms with Gasteiger partial charge in [-0.2, -0.15) is 0 Å². The normalized spacial score (nSPS) is 16.1. The van der Waals surface area contributed by atoms with E-state index in [-0.39, 0.29) is 0 Å². The van der Waals surface area contributed by atoms with Gasteiger partial charge in [0.1, 0.15) is 5.75 Å². The summed E-state index contributed by atoms with van der Waals surface area (Å²) in [5.41, 5.74) is 1.22. The molecule has 0 atom stereocenters. The van der Waals surface area contributed by atoms with Gasteiger partial charge < -0.3 is 14.8 Å². The Hall–Kier alpha value is -1.06. The van der Waals surface area contributed by atoms with E-state index in [9.17, 15) is 0 Å². The molecule has 1 aromatic carbocycles. The second-order valence-electron chi connectivity index (χ2n) is 3.71. The molecule has 1 aromatic rings. The SMILES string of the molecule is COc1ccccc1CCOC1CNC1. The van der Waals surface area contributed by atoms with Gasteiger partial charge in [0.2, 0.25) is 0 Å². The quantitative estimate of drug-likeness (QED) is 0.787. The minimum Gasteiger partial charge on any atom is -0.496 e. The van der Waals surface area contributed by atoms with Gasteiger partial charge in [-0.05, 0) is 18.1 Å². The molecule has 0 radical (unpaired) electrons. The Morgan fingerprint density at radius 3 is 2.80 bits per heavy atom. The standard InChI is InChI=1S/C12H17NO2/c1-14-12-5-3-2-4-10(12)6-7-15-11-8-13-9-11/h2-5,11,13H,6-9H2,1H3. The number of nitrogens with one attached hydrogen (secondary N) is 1. The topological polar surface area (TPSA) is 30.5 Å². The van der Waals surface area contributed by atoms with Gasteiger partial charge in [-0.25, -0.2) is 0 Å². The van der Waals surface area contributed by atoms with Crippen LogP contribution in [0.3, 0.4) is 0 Å². The van der Waals surface area contributed by atoms with Crippen molar-refractivity contribution in [1.29, 1.82) is 0 Å². The molecule has 15 heavy (non-hydrogen) atoms. The van der Waals surface area contributed by atoms with Crippen molar-refractivity contribution >= 4 is 0 Å². The van der Waals surface area contributed by atoms with Crippen LogP contribution < -0.4 is 10.1 Å². The second-order valence-corrected chi connectivity index (χ2v) is 3.71. The van der Waals surface area contributed by atoms with Crippen LogP contribution in [0.25, 0.3) is 0 Å². The lowest BCUT2D eigenvalue weighted by atomic mass is 10.1. The maximum Gasteiger partial charge on any atom is 0.122 e. The summed E-state index contributed by atoms with van der Waals surface area (Å²) >= 11 is 0. The lowest BCUT2D eigenvalue weighted by molar-refractivity contribution is 0.0206. The van der Waals surface area contributed by atoms with E-state index in [2.05, 4.69) is 11.4 Å². The molecule has 1 saturated heterocycles. The van der Waals surface area contributed by atoms with Gasteiger partial charge >= 0.3 is 0 Å². The Kier molecular flexibility index (Phi) is 3.59. The lowest BCUT2D eigenvalue weighted by Crippen LogP contribution is -2.48. The van der Waals surface area contributed by atoms with Crippen molar-refractivity contribution in [3.8, 4) is 5.75 Å². The molecule has 1 N–H and O–H groups in total. The predicted molar refractivity (Wildman–Crippen MR) is 59.3 cm³/mol. The number of rotatable bonds is 5. The first-order valence-electron chi connectivity index (χ1n) is 5.34. The van der Waals surface area contributed by atoms with Gasteiger partial charge in [0, 0.05) is 13.1 Å². The highest BCUT2D eigenvalue weighted by Gasteiger charge is 2.16. The van der Waals surface area contributed by atoms with Crippen molar-refractivity contribution in [3.63, 3.8) is 0 Å². The van der Waals surface area contributed by atoms with E-state index < -0.39 is 0 Å². The number of ether oxygens (including phenoxy) is 2. The van der Waals surface area contributed by atoms with Crippen LogP contribution in [0.5, 0.6) is 5.75 Å². The fourth-order valence-corrected chi connectivity index (χ4v) is 1.63. The minimum atomic E-state index is 0.416. The second kappa shape index (κ2) is 5.14. The van der Waals surface area contributed by atoms with Crippen LogP contribution in [0.2, 0.25) is 0 Å². The molecule has 3 nitrogen and oxygen atoms in total. The van der Waals surface area contributed by atoms with Crippen LogP contribution in [-0.4, -0.2) is 32.9 Å². The van der Waals surface area contributed by atoms with Crippen LogP contribution in [0, 0.1) is 0 Å². The van der Waals surface area contributed by atoms with Crippen LogP contribution >= 0.6 is 0 Å². The number of hydrogen-bond acceptors (Lipinski definition) is 3. The van der Waals surface area contributed by atoms with E-state index >= 15 is 0 Å². The lowest BCUT2D eigenvalue weighted by Gasteiger charge is -2.27. The molecule has 0 unspecified atom stereocenters. The van der Waals surface area contributed by atoms with Gasteiger partial charge in [-0.15, -0.1) is 0 Å². The van der Waals surface area contributed by atoms with Gasteiger partial charge in [-0.1, -0.05) is 18.2 Å². The maximum atomic E-state index is 5.66. The van der Waals surface area contributed by atoms with Gasteiger partial charge in [0.15, 0.2) is 0 Å². The molecule has 3 heteroatoms. The Morgan fingerprint density at radius 1 is 1.33 bits per heavy atom. The first-order valence-corrected chi connectivity index (χ1v) is 5.34. The summed E-state index contributed by atoms with van der Waals surface area (Å²) in [5, 5.41) is 3.18. The summed E-state index contributed by atoms with van der Waals surface area (Å²) in [7, 11) is 1.70. The summed E-state index contributed by atoms with van der Waals surface area (Å²) in [5.74, 6) is 0.952. The third-order valence-corrected chi connectivity index (χ3v) is 2.66. The fraction of sp³-hybridized carbons (Fsp3) is 0.500. The monoisotopic (exact) mass is 207 g/mol. The zero-order valence-corrected chi connectivity index (χ0v) is 9.03. The van der Waals surface area contributed by atoms with E-state index in [0.29, 0.717) is 6.10 Å². The average molecular weight is 207 g/mol. The molecule has 0 amide bonds. The summed E-state index contributed by atoms with van der Waals surface area (Å²) in [6.07, 6.45) is 1.33. The largest absolute Gasteiger partial charge is 0.496 e. The molecule has 82 valence electrons. The Morgan fingerprint density at radius 2 is 2.13 bits per heavy atom. The molecule has 0 aromatic heterocycles. The zero-order chi connectivity index (χ0) is 10.5. The molecular weight excluding hydrogens is 190 g/mol. The fourth-order valence-electron chi connectivity index (χ4n) is 1.63. The first-order chi connectivity index (χ1) is 7.40. The van der Waals surface area contributed by atoms with Gasteiger partial charge in [0.05, 0.1) is 19.8 Å². The molecule has 0 aliphatic carbocycles. The molecule has 0 spiro atoms. The third-order valence-electron chi connectivity index (χ3n) is 2.66. The number of para-hydroxylation sites is 1. The Balaban J connectivity index is 1.81. The molecule has 1 aliphatic rings. The number of methoxy groups -OCH3 is 1. The van der Waals surface area contributed by atoms with E-state index in [1.54, 1.807) is 7.11 Å². The summed E-state index contributed by atoms with van der Waals surface area (Å²) in [6, 6.07) is 8.09. The van der Waals surface area contributed by atoms with Crippen molar-refractivity contribution in [3.05, 3.63) is 29.8 Å². The highest BCUT2D eigenvalue weighted by atomic mass is 16.5. The molecule has 1 fully saturated rings. The molecule has 1 aliphatic heterocycles. The van der Waals surface area contributed by atoms with E-state index in [0.717, 1.165) is 31.9 Å². The van der Waals surface area contributed by atoms with Crippen LogP contribution in [-0.2, 0) is 11.2 Å². The van der Waals surface area contributed by atoms with Crippen molar-refractivity contribution in [2.45, 2.75) is 12.5 Å². The minimum absolute atomic E-state index is 0.416. The molecule has 0 saturated carbocycles. The van der Waals surface area contributed by atoms with E-state index in [1.165, 1.54) is 5.56 Å². The Labute approximate surface area is 90.4 Å². The zero-order valence-electron chi connectivity index (χ0n) is 9.03. The van der Waals surface area contributed by atoms with Crippen LogP contribution in [0.1, 0.15) is 5.56 Å². The predicted octanol–water partition coefficient (Wildman–Crippen LogP) is 1.23. The smallest absolute Gasteiger partial charge is 0.122 e. The van der Waals surface area contributed by atoms with Gasteiger partial charge in [0.25, 0.3) is 0 Å². The summed E-state index contributed by atoms with van der Waals surface area (Å²) in [6.45, 7) is 2.75. The number of benzene rings is 1. The maximum absolute atomic E-state index is 5.66. The van der Waals surface area contributed by atoms with Crippen molar-refractivity contribution < 1.29 is 9.47 Å². The third kappa shape index (κ3) is 2.70. The van der Waals surface area contributed by atoms with Crippen molar-refractivity contribution in [1.82, 2.24) is 5.32 Å². The van der Waals surface area contributed by atoms with Crippen LogP contribution in [0.15, 0.2) is 24.3 Å². The Bertz CT molecular complexity index is 310.